The minimum Gasteiger partial charge on any atom is -0.508 e. The highest BCUT2D eigenvalue weighted by Gasteiger charge is 2.21. The summed E-state index contributed by atoms with van der Waals surface area (Å²) in [7, 11) is 0. The van der Waals surface area contributed by atoms with E-state index in [0.29, 0.717) is 0 Å². The average molecular weight is 306 g/mol. The summed E-state index contributed by atoms with van der Waals surface area (Å²) in [5.74, 6) is -1.73. The van der Waals surface area contributed by atoms with Crippen molar-refractivity contribution in [3.63, 3.8) is 0 Å². The van der Waals surface area contributed by atoms with Gasteiger partial charge in [-0.15, -0.1) is 0 Å². The molecular formula is C16H18O6. The summed E-state index contributed by atoms with van der Waals surface area (Å²) in [6.45, 7) is 1.67. The van der Waals surface area contributed by atoms with Crippen LogP contribution >= 0.6 is 0 Å². The third-order valence-electron chi connectivity index (χ3n) is 3.38. The molecule has 22 heavy (non-hydrogen) atoms. The molecule has 1 aromatic rings. The highest BCUT2D eigenvalue weighted by Crippen LogP contribution is 2.29. The van der Waals surface area contributed by atoms with Gasteiger partial charge in [0.2, 0.25) is 0 Å². The summed E-state index contributed by atoms with van der Waals surface area (Å²) in [6, 6.07) is 2.30. The van der Waals surface area contributed by atoms with Gasteiger partial charge in [-0.2, -0.15) is 0 Å². The van der Waals surface area contributed by atoms with Crippen LogP contribution in [0.1, 0.15) is 35.7 Å². The van der Waals surface area contributed by atoms with Gasteiger partial charge in [-0.3, -0.25) is 9.59 Å². The van der Waals surface area contributed by atoms with Crippen molar-refractivity contribution >= 4 is 11.8 Å². The van der Waals surface area contributed by atoms with E-state index in [2.05, 4.69) is 0 Å². The van der Waals surface area contributed by atoms with Gasteiger partial charge in [-0.1, -0.05) is 6.08 Å². The molecular weight excluding hydrogens is 288 g/mol. The molecule has 1 unspecified atom stereocenters. The SMILES string of the molecule is C[C@@H]1CC(O)CC=CC(=O)c2c(O)cc(O)cc2CC(=O)O1. The number of hydrogen-bond acceptors (Lipinski definition) is 6. The Bertz CT molecular complexity index is 619. The van der Waals surface area contributed by atoms with Gasteiger partial charge in [-0.25, -0.2) is 0 Å². The van der Waals surface area contributed by atoms with Gasteiger partial charge in [0.1, 0.15) is 17.6 Å². The van der Waals surface area contributed by atoms with Crippen molar-refractivity contribution < 1.29 is 29.6 Å². The first-order chi connectivity index (χ1) is 10.4. The third kappa shape index (κ3) is 3.85. The highest BCUT2D eigenvalue weighted by molar-refractivity contribution is 6.08. The number of ether oxygens (including phenoxy) is 1. The van der Waals surface area contributed by atoms with E-state index >= 15 is 0 Å². The molecule has 2 rings (SSSR count). The minimum absolute atomic E-state index is 0.0475. The number of rotatable bonds is 0. The van der Waals surface area contributed by atoms with Crippen molar-refractivity contribution in [1.29, 1.82) is 0 Å². The van der Waals surface area contributed by atoms with E-state index in [1.807, 2.05) is 0 Å². The lowest BCUT2D eigenvalue weighted by molar-refractivity contribution is -0.148. The smallest absolute Gasteiger partial charge is 0.310 e. The molecule has 0 radical (unpaired) electrons. The molecule has 0 amide bonds. The van der Waals surface area contributed by atoms with Crippen LogP contribution in [0, 0.1) is 0 Å². The zero-order valence-corrected chi connectivity index (χ0v) is 12.2. The van der Waals surface area contributed by atoms with E-state index in [4.69, 9.17) is 4.74 Å². The second-order valence-corrected chi connectivity index (χ2v) is 5.37. The van der Waals surface area contributed by atoms with Crippen LogP contribution in [0.15, 0.2) is 24.3 Å². The number of carbonyl (C=O) groups excluding carboxylic acids is 2. The van der Waals surface area contributed by atoms with Gasteiger partial charge in [0, 0.05) is 12.5 Å². The zero-order valence-electron chi connectivity index (χ0n) is 12.2. The Morgan fingerprint density at radius 3 is 2.68 bits per heavy atom. The number of phenolic OH excluding ortho intramolecular Hbond substituents is 2. The monoisotopic (exact) mass is 306 g/mol. The molecule has 0 saturated carbocycles. The Morgan fingerprint density at radius 1 is 1.23 bits per heavy atom. The summed E-state index contributed by atoms with van der Waals surface area (Å²) >= 11 is 0. The van der Waals surface area contributed by atoms with Crippen LogP contribution in [-0.2, 0) is 16.0 Å². The van der Waals surface area contributed by atoms with E-state index in [9.17, 15) is 24.9 Å². The number of aliphatic hydroxyl groups excluding tert-OH is 1. The molecule has 6 nitrogen and oxygen atoms in total. The van der Waals surface area contributed by atoms with E-state index in [0.717, 1.165) is 6.07 Å². The average Bonchev–Trinajstić information content (AvgIpc) is 2.35. The summed E-state index contributed by atoms with van der Waals surface area (Å²) in [5.41, 5.74) is 0.152. The molecule has 6 heteroatoms. The summed E-state index contributed by atoms with van der Waals surface area (Å²) in [5, 5.41) is 29.2. The molecule has 1 aliphatic rings. The standard InChI is InChI=1S/C16H18O6/c1-9-5-11(17)3-2-4-13(19)16-10(7-15(21)22-9)6-12(18)8-14(16)20/h2,4,6,8-9,11,17-18,20H,3,5,7H2,1H3/t9-,11?/m1/s1. The van der Waals surface area contributed by atoms with Gasteiger partial charge in [0.25, 0.3) is 0 Å². The molecule has 0 bridgehead atoms. The second kappa shape index (κ2) is 6.62. The van der Waals surface area contributed by atoms with Crippen LogP contribution in [0.4, 0.5) is 0 Å². The largest absolute Gasteiger partial charge is 0.508 e. The van der Waals surface area contributed by atoms with Crippen molar-refractivity contribution in [3.8, 4) is 11.5 Å². The maximum absolute atomic E-state index is 12.2. The predicted octanol–water partition coefficient (Wildman–Crippen LogP) is 1.47. The molecule has 2 atom stereocenters. The van der Waals surface area contributed by atoms with Crippen molar-refractivity contribution in [3.05, 3.63) is 35.4 Å². The molecule has 1 aromatic carbocycles. The molecule has 0 aliphatic carbocycles. The van der Waals surface area contributed by atoms with E-state index in [1.54, 1.807) is 6.92 Å². The fraction of sp³-hybridized carbons (Fsp3) is 0.375. The summed E-state index contributed by atoms with van der Waals surface area (Å²) < 4.78 is 5.17. The van der Waals surface area contributed by atoms with Gasteiger partial charge < -0.3 is 20.1 Å². The molecule has 1 heterocycles. The number of carbonyl (C=O) groups is 2. The predicted molar refractivity (Wildman–Crippen MR) is 77.7 cm³/mol. The second-order valence-electron chi connectivity index (χ2n) is 5.37. The number of fused-ring (bicyclic) bond motifs is 1. The first kappa shape index (κ1) is 16.0. The molecule has 0 aromatic heterocycles. The van der Waals surface area contributed by atoms with Crippen molar-refractivity contribution in [2.45, 2.75) is 38.4 Å². The number of allylic oxidation sites excluding steroid dienone is 1. The minimum atomic E-state index is -0.723. The first-order valence-electron chi connectivity index (χ1n) is 7.00. The topological polar surface area (TPSA) is 104 Å². The lowest BCUT2D eigenvalue weighted by Gasteiger charge is -2.18. The van der Waals surface area contributed by atoms with Gasteiger partial charge >= 0.3 is 5.97 Å². The number of aliphatic hydroxyl groups is 1. The molecule has 0 spiro atoms. The van der Waals surface area contributed by atoms with Crippen LogP contribution in [0.2, 0.25) is 0 Å². The van der Waals surface area contributed by atoms with Gasteiger partial charge in [0.15, 0.2) is 5.78 Å². The maximum atomic E-state index is 12.2. The Balaban J connectivity index is 2.44. The lowest BCUT2D eigenvalue weighted by Crippen LogP contribution is -2.23. The normalized spacial score (nSPS) is 23.2. The fourth-order valence-corrected chi connectivity index (χ4v) is 2.46. The zero-order chi connectivity index (χ0) is 16.3. The Kier molecular flexibility index (Phi) is 4.82. The van der Waals surface area contributed by atoms with Gasteiger partial charge in [0.05, 0.1) is 18.1 Å². The van der Waals surface area contributed by atoms with E-state index in [-0.39, 0.29) is 36.1 Å². The van der Waals surface area contributed by atoms with E-state index < -0.39 is 29.7 Å². The fourth-order valence-electron chi connectivity index (χ4n) is 2.46. The van der Waals surface area contributed by atoms with Crippen LogP contribution in [0.25, 0.3) is 0 Å². The number of ketones is 1. The van der Waals surface area contributed by atoms with Crippen LogP contribution in [-0.4, -0.2) is 39.3 Å². The number of phenols is 2. The Labute approximate surface area is 127 Å². The quantitative estimate of drug-likeness (QED) is 0.627. The molecule has 1 aliphatic heterocycles. The third-order valence-corrected chi connectivity index (χ3v) is 3.38. The number of benzene rings is 1. The number of hydrogen-bond donors (Lipinski definition) is 3. The summed E-state index contributed by atoms with van der Waals surface area (Å²) in [6.07, 6.45) is 1.82. The first-order valence-corrected chi connectivity index (χ1v) is 7.00. The Hall–Kier alpha value is -2.34. The molecule has 0 saturated heterocycles. The maximum Gasteiger partial charge on any atom is 0.310 e. The van der Waals surface area contributed by atoms with Crippen molar-refractivity contribution in [1.82, 2.24) is 0 Å². The van der Waals surface area contributed by atoms with Crippen molar-refractivity contribution in [2.75, 3.05) is 0 Å². The van der Waals surface area contributed by atoms with Crippen LogP contribution in [0.5, 0.6) is 11.5 Å². The number of esters is 1. The van der Waals surface area contributed by atoms with E-state index in [1.165, 1.54) is 18.2 Å². The Morgan fingerprint density at radius 2 is 1.95 bits per heavy atom. The highest BCUT2D eigenvalue weighted by atomic mass is 16.5. The van der Waals surface area contributed by atoms with Crippen LogP contribution < -0.4 is 0 Å². The molecule has 3 N–H and O–H groups in total. The molecule has 0 fully saturated rings. The molecule has 118 valence electrons. The van der Waals surface area contributed by atoms with Gasteiger partial charge in [-0.05, 0) is 31.1 Å². The lowest BCUT2D eigenvalue weighted by atomic mass is 9.98. The number of cyclic esters (lactones) is 1. The van der Waals surface area contributed by atoms with Crippen LogP contribution in [0.3, 0.4) is 0 Å². The summed E-state index contributed by atoms with van der Waals surface area (Å²) in [4.78, 5) is 24.1. The van der Waals surface area contributed by atoms with Crippen molar-refractivity contribution in [2.24, 2.45) is 0 Å². The number of aromatic hydroxyl groups is 2.